The predicted octanol–water partition coefficient (Wildman–Crippen LogP) is 5.13. The first-order valence-corrected chi connectivity index (χ1v) is 14.0. The van der Waals surface area contributed by atoms with Gasteiger partial charge in [-0.05, 0) is 70.9 Å². The van der Waals surface area contributed by atoms with Crippen molar-refractivity contribution in [3.63, 3.8) is 0 Å². The number of hydrogen-bond donors (Lipinski definition) is 4. The Labute approximate surface area is 227 Å². The number of benzene rings is 1. The van der Waals surface area contributed by atoms with Crippen molar-refractivity contribution in [1.29, 1.82) is 0 Å². The molecule has 0 bridgehead atoms. The molecule has 8 nitrogen and oxygen atoms in total. The van der Waals surface area contributed by atoms with E-state index in [1.54, 1.807) is 11.3 Å². The fourth-order valence-electron chi connectivity index (χ4n) is 5.28. The number of aliphatic hydroxyl groups excluding tert-OH is 1. The largest absolute Gasteiger partial charge is 0.394 e. The zero-order valence-corrected chi connectivity index (χ0v) is 23.2. The zero-order chi connectivity index (χ0) is 26.9. The fourth-order valence-corrected chi connectivity index (χ4v) is 6.39. The molecular formula is C29H36N6O2S. The van der Waals surface area contributed by atoms with Crippen LogP contribution < -0.4 is 10.6 Å². The minimum atomic E-state index is -0.711. The van der Waals surface area contributed by atoms with Gasteiger partial charge in [-0.2, -0.15) is 4.98 Å². The molecule has 0 spiro atoms. The van der Waals surface area contributed by atoms with Gasteiger partial charge in [-0.15, -0.1) is 11.3 Å². The van der Waals surface area contributed by atoms with Crippen LogP contribution in [0, 0.1) is 19.8 Å². The molecule has 1 fully saturated rings. The molecule has 3 atom stereocenters. The van der Waals surface area contributed by atoms with Gasteiger partial charge in [0.2, 0.25) is 5.95 Å². The Morgan fingerprint density at radius 1 is 1.05 bits per heavy atom. The second-order valence-electron chi connectivity index (χ2n) is 10.8. The smallest absolute Gasteiger partial charge is 0.225 e. The van der Waals surface area contributed by atoms with Crippen molar-refractivity contribution in [1.82, 2.24) is 19.9 Å². The van der Waals surface area contributed by atoms with Gasteiger partial charge in [0, 0.05) is 12.2 Å². The van der Waals surface area contributed by atoms with Crippen LogP contribution in [0.3, 0.4) is 0 Å². The molecule has 1 saturated carbocycles. The molecule has 3 heterocycles. The molecular weight excluding hydrogens is 496 g/mol. The molecule has 200 valence electrons. The molecule has 0 radical (unpaired) electrons. The summed E-state index contributed by atoms with van der Waals surface area (Å²) in [5.41, 5.74) is 3.90. The average molecular weight is 533 g/mol. The number of anilines is 2. The normalized spacial score (nSPS) is 18.6. The maximum atomic E-state index is 10.6. The van der Waals surface area contributed by atoms with Crippen molar-refractivity contribution < 1.29 is 10.2 Å². The van der Waals surface area contributed by atoms with Gasteiger partial charge in [0.25, 0.3) is 0 Å². The third-order valence-corrected chi connectivity index (χ3v) is 8.48. The quantitative estimate of drug-likeness (QED) is 0.234. The molecule has 3 unspecified atom stereocenters. The van der Waals surface area contributed by atoms with E-state index in [2.05, 4.69) is 27.8 Å². The van der Waals surface area contributed by atoms with Gasteiger partial charge in [-0.25, -0.2) is 9.97 Å². The van der Waals surface area contributed by atoms with E-state index in [0.717, 1.165) is 62.8 Å². The van der Waals surface area contributed by atoms with Gasteiger partial charge in [0.1, 0.15) is 16.3 Å². The highest BCUT2D eigenvalue weighted by Gasteiger charge is 2.35. The molecule has 1 aliphatic rings. The Hall–Kier alpha value is -3.14. The highest BCUT2D eigenvalue weighted by atomic mass is 32.1. The van der Waals surface area contributed by atoms with E-state index >= 15 is 0 Å². The molecule has 1 aromatic carbocycles. The number of nitrogens with zero attached hydrogens (tertiary/aromatic N) is 4. The number of aliphatic hydroxyl groups is 2. The van der Waals surface area contributed by atoms with Crippen LogP contribution in [0.1, 0.15) is 50.1 Å². The zero-order valence-electron chi connectivity index (χ0n) is 22.4. The van der Waals surface area contributed by atoms with E-state index in [1.807, 2.05) is 58.2 Å². The lowest BCUT2D eigenvalue weighted by atomic mass is 9.89. The fraction of sp³-hybridized carbons (Fsp3) is 0.448. The van der Waals surface area contributed by atoms with E-state index in [4.69, 9.17) is 15.0 Å². The van der Waals surface area contributed by atoms with Crippen LogP contribution in [0.15, 0.2) is 42.6 Å². The summed E-state index contributed by atoms with van der Waals surface area (Å²) in [4.78, 5) is 19.1. The number of thiazole rings is 1. The summed E-state index contributed by atoms with van der Waals surface area (Å²) >= 11 is 1.61. The highest BCUT2D eigenvalue weighted by molar-refractivity contribution is 7.21. The minimum absolute atomic E-state index is 0.0398. The van der Waals surface area contributed by atoms with Crippen molar-refractivity contribution in [2.75, 3.05) is 17.2 Å². The van der Waals surface area contributed by atoms with Crippen LogP contribution in [-0.2, 0) is 6.42 Å². The second kappa shape index (κ2) is 10.9. The SMILES string of the molecule is Cc1nc(NC(CO)Cc2ccccc2)nc(NC2CCC(C(C)(C)O)C2)c1-c1nc2c(C)nccc2s1. The van der Waals surface area contributed by atoms with Gasteiger partial charge in [0.05, 0.1) is 39.9 Å². The monoisotopic (exact) mass is 532 g/mol. The molecule has 9 heteroatoms. The summed E-state index contributed by atoms with van der Waals surface area (Å²) < 4.78 is 1.08. The van der Waals surface area contributed by atoms with Gasteiger partial charge in [-0.3, -0.25) is 4.98 Å². The third-order valence-electron chi connectivity index (χ3n) is 7.45. The lowest BCUT2D eigenvalue weighted by molar-refractivity contribution is 0.0197. The first-order valence-electron chi connectivity index (χ1n) is 13.2. The van der Waals surface area contributed by atoms with Crippen LogP contribution in [0.5, 0.6) is 0 Å². The molecule has 38 heavy (non-hydrogen) atoms. The lowest BCUT2D eigenvalue weighted by Gasteiger charge is -2.26. The van der Waals surface area contributed by atoms with Crippen molar-refractivity contribution in [3.8, 4) is 10.6 Å². The first-order chi connectivity index (χ1) is 18.2. The maximum absolute atomic E-state index is 10.6. The second-order valence-corrected chi connectivity index (χ2v) is 11.9. The number of hydrogen-bond acceptors (Lipinski definition) is 9. The Bertz CT molecular complexity index is 1400. The van der Waals surface area contributed by atoms with Crippen LogP contribution in [0.25, 0.3) is 20.8 Å². The van der Waals surface area contributed by atoms with E-state index in [0.29, 0.717) is 12.4 Å². The van der Waals surface area contributed by atoms with Crippen LogP contribution >= 0.6 is 11.3 Å². The summed E-state index contributed by atoms with van der Waals surface area (Å²) in [6.07, 6.45) is 5.25. The van der Waals surface area contributed by atoms with Gasteiger partial charge in [0.15, 0.2) is 0 Å². The number of nitrogens with one attached hydrogen (secondary N) is 2. The third kappa shape index (κ3) is 5.80. The molecule has 3 aromatic heterocycles. The molecule has 0 aliphatic heterocycles. The van der Waals surface area contributed by atoms with Gasteiger partial charge in [-0.1, -0.05) is 30.3 Å². The molecule has 5 rings (SSSR count). The van der Waals surface area contributed by atoms with Crippen molar-refractivity contribution in [3.05, 3.63) is 59.5 Å². The maximum Gasteiger partial charge on any atom is 0.225 e. The summed E-state index contributed by atoms with van der Waals surface area (Å²) in [5, 5.41) is 28.5. The number of aryl methyl sites for hydroxylation is 2. The van der Waals surface area contributed by atoms with E-state index < -0.39 is 5.60 Å². The van der Waals surface area contributed by atoms with Crippen LogP contribution in [0.2, 0.25) is 0 Å². The van der Waals surface area contributed by atoms with Crippen LogP contribution in [0.4, 0.5) is 11.8 Å². The standard InChI is InChI=1S/C29H36N6O2S/c1-17-24(27-34-25-18(2)30-13-12-23(25)38-27)26(32-21-11-10-20(15-21)29(3,4)37)35-28(31-17)33-22(16-36)14-19-8-6-5-7-9-19/h5-9,12-13,20-22,36-37H,10-11,14-16H2,1-4H3,(H2,31,32,33,35). The molecule has 0 saturated heterocycles. The minimum Gasteiger partial charge on any atom is -0.394 e. The molecule has 4 aromatic rings. The van der Waals surface area contributed by atoms with E-state index in [-0.39, 0.29) is 24.6 Å². The molecule has 4 N–H and O–H groups in total. The highest BCUT2D eigenvalue weighted by Crippen LogP contribution is 2.40. The average Bonchev–Trinajstić information content (AvgIpc) is 3.52. The molecule has 0 amide bonds. The summed E-state index contributed by atoms with van der Waals surface area (Å²) in [6, 6.07) is 12.0. The van der Waals surface area contributed by atoms with Crippen molar-refractivity contribution in [2.45, 2.75) is 71.1 Å². The lowest BCUT2D eigenvalue weighted by Crippen LogP contribution is -2.30. The van der Waals surface area contributed by atoms with E-state index in [9.17, 15) is 10.2 Å². The Morgan fingerprint density at radius 3 is 2.53 bits per heavy atom. The van der Waals surface area contributed by atoms with E-state index in [1.165, 1.54) is 0 Å². The number of aromatic nitrogens is 4. The van der Waals surface area contributed by atoms with Crippen LogP contribution in [-0.4, -0.2) is 54.4 Å². The Morgan fingerprint density at radius 2 is 1.84 bits per heavy atom. The molecule has 1 aliphatic carbocycles. The van der Waals surface area contributed by atoms with Gasteiger partial charge >= 0.3 is 0 Å². The van der Waals surface area contributed by atoms with Crippen molar-refractivity contribution in [2.24, 2.45) is 5.92 Å². The first kappa shape index (κ1) is 26.5. The summed E-state index contributed by atoms with van der Waals surface area (Å²) in [6.45, 7) is 7.69. The number of rotatable bonds is 9. The Kier molecular flexibility index (Phi) is 7.61. The summed E-state index contributed by atoms with van der Waals surface area (Å²) in [5.74, 6) is 1.42. The van der Waals surface area contributed by atoms with Crippen molar-refractivity contribution >= 4 is 33.3 Å². The number of fused-ring (bicyclic) bond motifs is 1. The van der Waals surface area contributed by atoms with Gasteiger partial charge < -0.3 is 20.8 Å². The number of pyridine rings is 1. The predicted molar refractivity (Wildman–Crippen MR) is 154 cm³/mol. The summed E-state index contributed by atoms with van der Waals surface area (Å²) in [7, 11) is 0. The Balaban J connectivity index is 1.49. The topological polar surface area (TPSA) is 116 Å².